The minimum Gasteiger partial charge on any atom is -0.364 e. The van der Waals surface area contributed by atoms with Gasteiger partial charge in [0.05, 0.1) is 11.8 Å². The second-order valence-electron chi connectivity index (χ2n) is 5.88. The van der Waals surface area contributed by atoms with Gasteiger partial charge >= 0.3 is 0 Å². The summed E-state index contributed by atoms with van der Waals surface area (Å²) < 4.78 is 0. The molecule has 2 heterocycles. The van der Waals surface area contributed by atoms with Crippen molar-refractivity contribution in [2.75, 3.05) is 5.75 Å². The number of allylic oxidation sites excluding steroid dienone is 1. The summed E-state index contributed by atoms with van der Waals surface area (Å²) in [4.78, 5) is 13.1. The summed E-state index contributed by atoms with van der Waals surface area (Å²) in [6.07, 6.45) is 0.996. The fourth-order valence-electron chi connectivity index (χ4n) is 3.29. The summed E-state index contributed by atoms with van der Waals surface area (Å²) in [6, 6.07) is 21.2. The molecule has 0 aliphatic carbocycles. The highest BCUT2D eigenvalue weighted by Crippen LogP contribution is 2.44. The summed E-state index contributed by atoms with van der Waals surface area (Å²) in [5, 5.41) is 6.56. The maximum Gasteiger partial charge on any atom is 0.235 e. The second kappa shape index (κ2) is 6.13. The molecular weight excluding hydrogens is 304 g/mol. The van der Waals surface area contributed by atoms with E-state index < -0.39 is 0 Å². The summed E-state index contributed by atoms with van der Waals surface area (Å²) in [6.45, 7) is 0. The molecule has 3 nitrogen and oxygen atoms in total. The first-order valence-electron chi connectivity index (χ1n) is 7.84. The molecule has 0 radical (unpaired) electrons. The zero-order valence-electron chi connectivity index (χ0n) is 12.7. The van der Waals surface area contributed by atoms with E-state index >= 15 is 0 Å². The van der Waals surface area contributed by atoms with Crippen LogP contribution < -0.4 is 10.6 Å². The van der Waals surface area contributed by atoms with Crippen LogP contribution in [0.25, 0.3) is 0 Å². The fraction of sp³-hybridized carbons (Fsp3) is 0.211. The van der Waals surface area contributed by atoms with Gasteiger partial charge in [-0.2, -0.15) is 0 Å². The van der Waals surface area contributed by atoms with E-state index in [4.69, 9.17) is 0 Å². The van der Waals surface area contributed by atoms with Crippen molar-refractivity contribution in [2.45, 2.75) is 18.4 Å². The van der Waals surface area contributed by atoms with Gasteiger partial charge in [-0.15, -0.1) is 11.8 Å². The first-order valence-corrected chi connectivity index (χ1v) is 8.83. The van der Waals surface area contributed by atoms with Gasteiger partial charge in [-0.25, -0.2) is 0 Å². The van der Waals surface area contributed by atoms with Crippen LogP contribution >= 0.6 is 11.8 Å². The van der Waals surface area contributed by atoms with Crippen molar-refractivity contribution in [3.05, 3.63) is 82.5 Å². The first-order chi connectivity index (χ1) is 11.3. The van der Waals surface area contributed by atoms with Crippen molar-refractivity contribution in [1.29, 1.82) is 0 Å². The summed E-state index contributed by atoms with van der Waals surface area (Å²) in [5.41, 5.74) is 2.57. The first kappa shape index (κ1) is 14.4. The van der Waals surface area contributed by atoms with E-state index in [1.54, 1.807) is 11.8 Å². The van der Waals surface area contributed by atoms with E-state index in [1.165, 1.54) is 16.0 Å². The molecule has 2 N–H and O–H groups in total. The van der Waals surface area contributed by atoms with E-state index in [1.807, 2.05) is 12.1 Å². The van der Waals surface area contributed by atoms with Gasteiger partial charge in [-0.05, 0) is 17.5 Å². The monoisotopic (exact) mass is 322 g/mol. The molecule has 2 aliphatic rings. The number of hydrogen-bond acceptors (Lipinski definition) is 3. The third-order valence-corrected chi connectivity index (χ3v) is 5.59. The van der Waals surface area contributed by atoms with Crippen molar-refractivity contribution in [3.63, 3.8) is 0 Å². The van der Waals surface area contributed by atoms with Crippen molar-refractivity contribution in [3.8, 4) is 0 Å². The Bertz CT molecular complexity index is 742. The molecule has 0 unspecified atom stereocenters. The van der Waals surface area contributed by atoms with E-state index in [0.717, 1.165) is 12.2 Å². The van der Waals surface area contributed by atoms with Crippen LogP contribution in [-0.2, 0) is 4.79 Å². The number of amides is 1. The zero-order valence-corrected chi connectivity index (χ0v) is 13.5. The number of rotatable bonds is 2. The Balaban J connectivity index is 1.74. The van der Waals surface area contributed by atoms with E-state index in [-0.39, 0.29) is 11.9 Å². The normalized spacial score (nSPS) is 23.7. The van der Waals surface area contributed by atoms with Crippen molar-refractivity contribution < 1.29 is 4.79 Å². The number of nitrogens with one attached hydrogen (secondary N) is 2. The molecular formula is C19H18N2OS. The highest BCUT2D eigenvalue weighted by Gasteiger charge is 2.34. The molecule has 0 fully saturated rings. The minimum absolute atomic E-state index is 0.0711. The third kappa shape index (κ3) is 2.86. The van der Waals surface area contributed by atoms with Gasteiger partial charge in [-0.1, -0.05) is 60.7 Å². The average molecular weight is 322 g/mol. The Morgan fingerprint density at radius 3 is 2.26 bits per heavy atom. The summed E-state index contributed by atoms with van der Waals surface area (Å²) in [7, 11) is 0. The molecule has 0 bridgehead atoms. The van der Waals surface area contributed by atoms with Crippen LogP contribution in [-0.4, -0.2) is 11.7 Å². The molecule has 4 rings (SSSR count). The quantitative estimate of drug-likeness (QED) is 0.888. The molecule has 2 aliphatic heterocycles. The number of thioether (sulfide) groups is 1. The average Bonchev–Trinajstić information content (AvgIpc) is 2.62. The standard InChI is InChI=1S/C19H18N2OS/c22-17-12-23-18-15(13-7-3-1-4-8-13)11-16(20-19(18)21-17)14-9-5-2-6-10-14/h1-10,15-16,20H,11-12H2,(H,21,22)/t15-,16+/m1/s1. The molecule has 23 heavy (non-hydrogen) atoms. The molecule has 0 aromatic heterocycles. The number of carbonyl (C=O) groups excluding carboxylic acids is 1. The van der Waals surface area contributed by atoms with Gasteiger partial charge in [0.1, 0.15) is 5.82 Å². The zero-order chi connectivity index (χ0) is 15.6. The molecule has 2 atom stereocenters. The highest BCUT2D eigenvalue weighted by atomic mass is 32.2. The van der Waals surface area contributed by atoms with Crippen LogP contribution in [0.15, 0.2) is 71.4 Å². The smallest absolute Gasteiger partial charge is 0.235 e. The van der Waals surface area contributed by atoms with E-state index in [9.17, 15) is 4.79 Å². The predicted octanol–water partition coefficient (Wildman–Crippen LogP) is 3.54. The van der Waals surface area contributed by atoms with Crippen LogP contribution in [0.1, 0.15) is 29.5 Å². The van der Waals surface area contributed by atoms with Crippen molar-refractivity contribution >= 4 is 17.7 Å². The minimum atomic E-state index is 0.0711. The van der Waals surface area contributed by atoms with E-state index in [2.05, 4.69) is 59.2 Å². The Morgan fingerprint density at radius 1 is 0.913 bits per heavy atom. The largest absolute Gasteiger partial charge is 0.364 e. The van der Waals surface area contributed by atoms with Crippen LogP contribution in [0, 0.1) is 0 Å². The van der Waals surface area contributed by atoms with Gasteiger partial charge in [0.2, 0.25) is 5.91 Å². The second-order valence-corrected chi connectivity index (χ2v) is 6.90. The number of hydrogen-bond donors (Lipinski definition) is 2. The third-order valence-electron chi connectivity index (χ3n) is 4.38. The topological polar surface area (TPSA) is 41.1 Å². The lowest BCUT2D eigenvalue weighted by atomic mass is 9.86. The van der Waals surface area contributed by atoms with Gasteiger partial charge in [0.15, 0.2) is 0 Å². The van der Waals surface area contributed by atoms with Crippen LogP contribution in [0.4, 0.5) is 0 Å². The predicted molar refractivity (Wildman–Crippen MR) is 93.7 cm³/mol. The maximum absolute atomic E-state index is 11.8. The van der Waals surface area contributed by atoms with E-state index in [0.29, 0.717) is 11.7 Å². The Labute approximate surface area is 140 Å². The van der Waals surface area contributed by atoms with Crippen LogP contribution in [0.3, 0.4) is 0 Å². The van der Waals surface area contributed by atoms with Crippen LogP contribution in [0.2, 0.25) is 0 Å². The van der Waals surface area contributed by atoms with Crippen molar-refractivity contribution in [2.24, 2.45) is 0 Å². The molecule has 2 aromatic carbocycles. The van der Waals surface area contributed by atoms with Crippen molar-refractivity contribution in [1.82, 2.24) is 10.6 Å². The summed E-state index contributed by atoms with van der Waals surface area (Å²) >= 11 is 1.66. The Morgan fingerprint density at radius 2 is 1.57 bits per heavy atom. The lowest BCUT2D eigenvalue weighted by molar-refractivity contribution is -0.118. The van der Waals surface area contributed by atoms with Gasteiger partial charge in [-0.3, -0.25) is 4.79 Å². The molecule has 0 saturated carbocycles. The maximum atomic E-state index is 11.8. The lowest BCUT2D eigenvalue weighted by Gasteiger charge is -2.37. The summed E-state index contributed by atoms with van der Waals surface area (Å²) in [5.74, 6) is 1.78. The number of carbonyl (C=O) groups is 1. The van der Waals surface area contributed by atoms with Gasteiger partial charge in [0.25, 0.3) is 0 Å². The highest BCUT2D eigenvalue weighted by molar-refractivity contribution is 8.03. The lowest BCUT2D eigenvalue weighted by Crippen LogP contribution is -2.42. The molecule has 0 saturated heterocycles. The van der Waals surface area contributed by atoms with Gasteiger partial charge in [0, 0.05) is 10.8 Å². The van der Waals surface area contributed by atoms with Crippen LogP contribution in [0.5, 0.6) is 0 Å². The molecule has 4 heteroatoms. The molecule has 116 valence electrons. The number of benzene rings is 2. The Kier molecular flexibility index (Phi) is 3.83. The van der Waals surface area contributed by atoms with Gasteiger partial charge < -0.3 is 10.6 Å². The molecule has 2 aromatic rings. The fourth-order valence-corrected chi connectivity index (χ4v) is 4.33. The SMILES string of the molecule is O=C1CSC2=C(N1)N[C@H](c1ccccc1)C[C@@H]2c1ccccc1. The Hall–Kier alpha value is -2.20. The molecule has 1 amide bonds. The molecule has 0 spiro atoms.